The molecule has 178 valence electrons. The summed E-state index contributed by atoms with van der Waals surface area (Å²) in [6.45, 7) is 10.9. The molecule has 4 aliphatic rings. The molecule has 0 bridgehead atoms. The van der Waals surface area contributed by atoms with Gasteiger partial charge in [-0.15, -0.1) is 0 Å². The molecular weight excluding hydrogens is 388 g/mol. The molecule has 4 fully saturated rings. The van der Waals surface area contributed by atoms with Crippen molar-refractivity contribution in [3.05, 3.63) is 0 Å². The van der Waals surface area contributed by atoms with Gasteiger partial charge in [-0.1, -0.05) is 33.6 Å². The highest BCUT2D eigenvalue weighted by Crippen LogP contribution is 2.68. The van der Waals surface area contributed by atoms with Crippen LogP contribution in [0.25, 0.3) is 0 Å². The van der Waals surface area contributed by atoms with Crippen molar-refractivity contribution < 1.29 is 20.1 Å². The van der Waals surface area contributed by atoms with Crippen LogP contribution in [0.4, 0.5) is 0 Å². The first-order valence-electron chi connectivity index (χ1n) is 13.0. The number of aliphatic hydroxyl groups is 3. The first-order valence-corrected chi connectivity index (χ1v) is 13.0. The van der Waals surface area contributed by atoms with Crippen LogP contribution in [0.3, 0.4) is 0 Å². The normalized spacial score (nSPS) is 48.6. The van der Waals surface area contributed by atoms with Gasteiger partial charge in [-0.2, -0.15) is 0 Å². The number of carbonyl (C=O) groups is 1. The largest absolute Gasteiger partial charge is 0.390 e. The lowest BCUT2D eigenvalue weighted by Crippen LogP contribution is -2.67. The zero-order valence-corrected chi connectivity index (χ0v) is 20.5. The van der Waals surface area contributed by atoms with Gasteiger partial charge < -0.3 is 15.3 Å². The van der Waals surface area contributed by atoms with E-state index in [1.54, 1.807) is 0 Å². The van der Waals surface area contributed by atoms with Gasteiger partial charge in [-0.25, -0.2) is 0 Å². The van der Waals surface area contributed by atoms with Gasteiger partial charge in [0.05, 0.1) is 5.60 Å². The average molecular weight is 435 g/mol. The first kappa shape index (κ1) is 23.7. The first-order chi connectivity index (χ1) is 14.3. The van der Waals surface area contributed by atoms with Crippen molar-refractivity contribution in [3.63, 3.8) is 0 Å². The molecule has 0 aromatic rings. The van der Waals surface area contributed by atoms with Gasteiger partial charge in [0.1, 0.15) is 11.7 Å². The Balaban J connectivity index is 1.50. The minimum atomic E-state index is -1.33. The van der Waals surface area contributed by atoms with E-state index < -0.39 is 17.3 Å². The molecule has 1 unspecified atom stereocenters. The monoisotopic (exact) mass is 434 g/mol. The highest BCUT2D eigenvalue weighted by molar-refractivity contribution is 5.92. The molecule has 3 N–H and O–H groups in total. The molecule has 0 spiro atoms. The maximum atomic E-state index is 12.8. The summed E-state index contributed by atoms with van der Waals surface area (Å²) in [7, 11) is 0. The molecule has 4 heteroatoms. The molecule has 4 nitrogen and oxygen atoms in total. The Bertz CT molecular complexity index is 698. The quantitative estimate of drug-likeness (QED) is 0.576. The SMILES string of the molecule is C[C@H](CCCC(C)(C)O)[C@H]1CC[C@H]2[C@@H]3CCC4(O)C(=O)[C@@H](O)CC[C@]4(C)[C@H]3CC[C@]12C. The summed E-state index contributed by atoms with van der Waals surface area (Å²) in [4.78, 5) is 12.8. The third-order valence-electron chi connectivity index (χ3n) is 10.9. The lowest BCUT2D eigenvalue weighted by molar-refractivity contribution is -0.213. The number of hydrogen-bond donors (Lipinski definition) is 3. The van der Waals surface area contributed by atoms with Crippen molar-refractivity contribution in [2.45, 2.75) is 123 Å². The summed E-state index contributed by atoms with van der Waals surface area (Å²) in [5.41, 5.74) is -1.93. The van der Waals surface area contributed by atoms with Crippen molar-refractivity contribution in [2.75, 3.05) is 0 Å². The van der Waals surface area contributed by atoms with Gasteiger partial charge in [0.25, 0.3) is 0 Å². The van der Waals surface area contributed by atoms with Crippen LogP contribution in [0.2, 0.25) is 0 Å². The van der Waals surface area contributed by atoms with Crippen molar-refractivity contribution in [1.82, 2.24) is 0 Å². The van der Waals surface area contributed by atoms with E-state index in [1.165, 1.54) is 25.7 Å². The van der Waals surface area contributed by atoms with Crippen molar-refractivity contribution in [1.29, 1.82) is 0 Å². The van der Waals surface area contributed by atoms with Crippen LogP contribution in [0.15, 0.2) is 0 Å². The van der Waals surface area contributed by atoms with Crippen molar-refractivity contribution in [2.24, 2.45) is 40.4 Å². The molecule has 0 saturated heterocycles. The minimum Gasteiger partial charge on any atom is -0.390 e. The molecule has 31 heavy (non-hydrogen) atoms. The molecule has 0 amide bonds. The van der Waals surface area contributed by atoms with Crippen LogP contribution in [0.1, 0.15) is 105 Å². The lowest BCUT2D eigenvalue weighted by Gasteiger charge is -2.63. The van der Waals surface area contributed by atoms with Gasteiger partial charge >= 0.3 is 0 Å². The molecule has 4 saturated carbocycles. The van der Waals surface area contributed by atoms with E-state index >= 15 is 0 Å². The van der Waals surface area contributed by atoms with E-state index in [-0.39, 0.29) is 11.2 Å². The lowest BCUT2D eigenvalue weighted by atomic mass is 9.42. The van der Waals surface area contributed by atoms with Crippen LogP contribution in [-0.4, -0.2) is 38.4 Å². The predicted molar refractivity (Wildman–Crippen MR) is 122 cm³/mol. The fourth-order valence-corrected chi connectivity index (χ4v) is 9.12. The molecule has 0 aromatic carbocycles. The third kappa shape index (κ3) is 3.64. The summed E-state index contributed by atoms with van der Waals surface area (Å²) in [5, 5.41) is 31.8. The molecule has 0 aliphatic heterocycles. The molecule has 0 aromatic heterocycles. The number of Topliss-reactive ketones (excluding diaryl/α,β-unsaturated/α-hetero) is 1. The standard InChI is InChI=1S/C27H46O4/c1-17(7-6-13-24(2,3)30)19-8-9-20-18-10-16-27(31)23(29)22(28)12-15-26(27,5)21(18)11-14-25(19,20)4/h17-22,28,30-31H,6-16H2,1-5H3/t17-,18+,19-,20+,21+,22+,25-,26-,27?/m1/s1. The zero-order valence-electron chi connectivity index (χ0n) is 20.5. The average Bonchev–Trinajstić information content (AvgIpc) is 3.03. The van der Waals surface area contributed by atoms with E-state index in [0.717, 1.165) is 38.0 Å². The Morgan fingerprint density at radius 1 is 1.03 bits per heavy atom. The summed E-state index contributed by atoms with van der Waals surface area (Å²) < 4.78 is 0. The van der Waals surface area contributed by atoms with Crippen LogP contribution in [0, 0.1) is 40.4 Å². The van der Waals surface area contributed by atoms with Gasteiger partial charge in [0.2, 0.25) is 0 Å². The zero-order chi connectivity index (χ0) is 22.8. The topological polar surface area (TPSA) is 77.8 Å². The van der Waals surface area contributed by atoms with E-state index in [9.17, 15) is 20.1 Å². The number of rotatable bonds is 5. The Morgan fingerprint density at radius 3 is 2.42 bits per heavy atom. The third-order valence-corrected chi connectivity index (χ3v) is 10.9. The van der Waals surface area contributed by atoms with Crippen LogP contribution < -0.4 is 0 Å². The Labute approximate surface area is 189 Å². The number of aliphatic hydroxyl groups excluding tert-OH is 1. The minimum absolute atomic E-state index is 0.308. The Hall–Kier alpha value is -0.450. The van der Waals surface area contributed by atoms with Gasteiger partial charge in [-0.05, 0) is 107 Å². The maximum Gasteiger partial charge on any atom is 0.193 e. The van der Waals surface area contributed by atoms with Gasteiger partial charge in [0.15, 0.2) is 5.78 Å². The molecule has 9 atom stereocenters. The molecule has 0 radical (unpaired) electrons. The second-order valence-corrected chi connectivity index (χ2v) is 13.0. The van der Waals surface area contributed by atoms with E-state index in [2.05, 4.69) is 20.8 Å². The molecular formula is C27H46O4. The fourth-order valence-electron chi connectivity index (χ4n) is 9.12. The second kappa shape index (κ2) is 7.81. The summed E-state index contributed by atoms with van der Waals surface area (Å²) >= 11 is 0. The van der Waals surface area contributed by atoms with E-state index in [0.29, 0.717) is 41.9 Å². The van der Waals surface area contributed by atoms with E-state index in [4.69, 9.17) is 0 Å². The van der Waals surface area contributed by atoms with Crippen LogP contribution in [-0.2, 0) is 4.79 Å². The van der Waals surface area contributed by atoms with Crippen LogP contribution >= 0.6 is 0 Å². The van der Waals surface area contributed by atoms with Gasteiger partial charge in [0, 0.05) is 5.41 Å². The summed E-state index contributed by atoms with van der Waals surface area (Å²) in [6, 6.07) is 0. The maximum absolute atomic E-state index is 12.8. The number of hydrogen-bond acceptors (Lipinski definition) is 4. The van der Waals surface area contributed by atoms with E-state index in [1.807, 2.05) is 13.8 Å². The molecule has 4 rings (SSSR count). The van der Waals surface area contributed by atoms with Crippen molar-refractivity contribution >= 4 is 5.78 Å². The Kier molecular flexibility index (Phi) is 5.97. The molecule has 4 aliphatic carbocycles. The smallest absolute Gasteiger partial charge is 0.193 e. The molecule has 0 heterocycles. The summed E-state index contributed by atoms with van der Waals surface area (Å²) in [6.07, 6.45) is 9.76. The fraction of sp³-hybridized carbons (Fsp3) is 0.963. The number of carbonyl (C=O) groups excluding carboxylic acids is 1. The second-order valence-electron chi connectivity index (χ2n) is 13.0. The van der Waals surface area contributed by atoms with Gasteiger partial charge in [-0.3, -0.25) is 4.79 Å². The highest BCUT2D eigenvalue weighted by Gasteiger charge is 2.67. The highest BCUT2D eigenvalue weighted by atomic mass is 16.3. The van der Waals surface area contributed by atoms with Crippen molar-refractivity contribution in [3.8, 4) is 0 Å². The number of fused-ring (bicyclic) bond motifs is 5. The predicted octanol–water partition coefficient (Wildman–Crippen LogP) is 4.88. The van der Waals surface area contributed by atoms with Crippen LogP contribution in [0.5, 0.6) is 0 Å². The summed E-state index contributed by atoms with van der Waals surface area (Å²) in [5.74, 6) is 2.79. The Morgan fingerprint density at radius 2 is 1.74 bits per heavy atom. The number of ketones is 1.